The Bertz CT molecular complexity index is 206. The smallest absolute Gasteiger partial charge is 1.00 e. The predicted octanol–water partition coefficient (Wildman–Crippen LogP) is -0.769. The molecule has 1 rings (SSSR count). The Morgan fingerprint density at radius 1 is 1.88 bits per heavy atom. The summed E-state index contributed by atoms with van der Waals surface area (Å²) in [7, 11) is 0. The fraction of sp³-hybridized carbons (Fsp3) is 0.250. The van der Waals surface area contributed by atoms with E-state index >= 15 is 0 Å². The van der Waals surface area contributed by atoms with E-state index in [0.717, 1.165) is 9.52 Å². The minimum Gasteiger partial charge on any atom is -1.00 e. The van der Waals surface area contributed by atoms with E-state index in [-0.39, 0.29) is 20.3 Å². The summed E-state index contributed by atoms with van der Waals surface area (Å²) < 4.78 is 3.93. The average molecular weight is 139 g/mol. The van der Waals surface area contributed by atoms with Gasteiger partial charge in [0.2, 0.25) is 0 Å². The molecule has 0 aliphatic rings. The van der Waals surface area contributed by atoms with E-state index in [1.54, 1.807) is 0 Å². The molecule has 1 N–H and O–H groups in total. The molecule has 0 fully saturated rings. The Morgan fingerprint density at radius 2 is 2.50 bits per heavy atom. The van der Waals surface area contributed by atoms with Crippen LogP contribution in [0.25, 0.3) is 0 Å². The van der Waals surface area contributed by atoms with Crippen LogP contribution in [-0.4, -0.2) is 4.37 Å². The van der Waals surface area contributed by atoms with Gasteiger partial charge in [-0.15, -0.1) is 0 Å². The second-order valence-electron chi connectivity index (χ2n) is 1.35. The van der Waals surface area contributed by atoms with Crippen molar-refractivity contribution in [2.75, 3.05) is 0 Å². The van der Waals surface area contributed by atoms with E-state index in [1.807, 2.05) is 13.0 Å². The van der Waals surface area contributed by atoms with Gasteiger partial charge in [-0.1, -0.05) is 23.8 Å². The Balaban J connectivity index is 0. The van der Waals surface area contributed by atoms with Gasteiger partial charge in [0.25, 0.3) is 0 Å². The number of aryl methyl sites for hydroxylation is 1. The fourth-order valence-corrected chi connectivity index (χ4v) is 1.22. The summed E-state index contributed by atoms with van der Waals surface area (Å²) in [4.78, 5) is 0. The molecule has 0 bridgehead atoms. The molecule has 4 heteroatoms. The summed E-state index contributed by atoms with van der Waals surface area (Å²) in [5.41, 5.74) is 1.15. The predicted molar refractivity (Wildman–Crippen MR) is 35.4 cm³/mol. The van der Waals surface area contributed by atoms with Crippen LogP contribution in [0.1, 0.15) is 7.12 Å². The fourth-order valence-electron chi connectivity index (χ4n) is 0.366. The van der Waals surface area contributed by atoms with Crippen molar-refractivity contribution in [3.05, 3.63) is 15.6 Å². The first kappa shape index (κ1) is 8.45. The molecule has 0 aliphatic carbocycles. The largest absolute Gasteiger partial charge is 1.00 e. The van der Waals surface area contributed by atoms with Gasteiger partial charge in [0.15, 0.2) is 0 Å². The monoisotopic (exact) mass is 139 g/mol. The van der Waals surface area contributed by atoms with Crippen LogP contribution in [0.4, 0.5) is 0 Å². The third-order valence-electron chi connectivity index (χ3n) is 0.647. The van der Waals surface area contributed by atoms with Gasteiger partial charge < -0.3 is 5.80 Å². The molecule has 0 aromatic carbocycles. The van der Waals surface area contributed by atoms with E-state index in [2.05, 4.69) is 4.37 Å². The zero-order valence-corrected chi connectivity index (χ0v) is 6.53. The Hall–Kier alpha value is 0.447. The van der Waals surface area contributed by atoms with E-state index in [9.17, 15) is 0 Å². The van der Waals surface area contributed by atoms with Crippen molar-refractivity contribution in [2.45, 2.75) is 6.92 Å². The number of nitrogens with one attached hydrogen (secondary N) is 1. The first-order valence-electron chi connectivity index (χ1n) is 1.94. The van der Waals surface area contributed by atoms with Crippen molar-refractivity contribution in [3.8, 4) is 0 Å². The molecule has 0 aliphatic heterocycles. The Kier molecular flexibility index (Phi) is 3.66. The summed E-state index contributed by atoms with van der Waals surface area (Å²) >= 11 is 6.31. The van der Waals surface area contributed by atoms with Crippen molar-refractivity contribution >= 4 is 23.8 Å². The van der Waals surface area contributed by atoms with Crippen LogP contribution in [0.15, 0.2) is 6.07 Å². The molecule has 0 spiro atoms. The van der Waals surface area contributed by atoms with Crippen molar-refractivity contribution < 1.29 is 20.3 Å². The number of rotatable bonds is 0. The van der Waals surface area contributed by atoms with E-state index < -0.39 is 0 Å². The van der Waals surface area contributed by atoms with Gasteiger partial charge in [-0.2, -0.15) is 0 Å². The summed E-state index contributed by atoms with van der Waals surface area (Å²) in [5.74, 6) is 0. The number of aromatic nitrogens is 1. The summed E-state index contributed by atoms with van der Waals surface area (Å²) in [6.45, 7) is 1.99. The molecule has 0 unspecified atom stereocenters. The third kappa shape index (κ3) is 2.14. The van der Waals surface area contributed by atoms with Gasteiger partial charge in [0.1, 0.15) is 3.82 Å². The summed E-state index contributed by atoms with van der Waals surface area (Å²) in [6, 6.07) is 1.94. The van der Waals surface area contributed by atoms with Crippen molar-refractivity contribution in [2.24, 2.45) is 0 Å². The summed E-state index contributed by atoms with van der Waals surface area (Å²) in [5, 5.41) is 0. The maximum atomic E-state index is 4.82. The quantitative estimate of drug-likeness (QED) is 0.368. The molecule has 0 saturated carbocycles. The van der Waals surface area contributed by atoms with E-state index in [0.29, 0.717) is 0 Å². The molecule has 1 nitrogen and oxygen atoms in total. The molecular formula is C4H6LiNS2. The normalized spacial score (nSPS) is 8.12. The van der Waals surface area contributed by atoms with Crippen LogP contribution in [0.3, 0.4) is 0 Å². The standard InChI is InChI=1S/C4H5NS2.Li.H/c1-3-2-4(6)7-5-3;;/h2,5H,1H3;;/q;+1;-1. The molecule has 40 valence electrons. The molecule has 0 atom stereocenters. The van der Waals surface area contributed by atoms with Gasteiger partial charge in [0, 0.05) is 5.69 Å². The number of aromatic amines is 1. The topological polar surface area (TPSA) is 15.8 Å². The zero-order chi connectivity index (χ0) is 5.28. The Morgan fingerprint density at radius 3 is 2.62 bits per heavy atom. The first-order valence-corrected chi connectivity index (χ1v) is 3.16. The second-order valence-corrected chi connectivity index (χ2v) is 2.90. The van der Waals surface area contributed by atoms with Gasteiger partial charge >= 0.3 is 18.9 Å². The Labute approximate surface area is 70.9 Å². The molecule has 0 amide bonds. The zero-order valence-electron chi connectivity index (χ0n) is 5.89. The molecule has 0 radical (unpaired) electrons. The molecule has 0 saturated heterocycles. The first-order chi connectivity index (χ1) is 3.29. The SMILES string of the molecule is Cc1cc(=S)s[nH]1.[H-].[Li+]. The van der Waals surface area contributed by atoms with Gasteiger partial charge in [-0.05, 0) is 13.0 Å². The maximum absolute atomic E-state index is 4.82. The van der Waals surface area contributed by atoms with Crippen LogP contribution in [0.2, 0.25) is 0 Å². The second kappa shape index (κ2) is 3.47. The molecule has 1 heterocycles. The molecule has 1 aromatic rings. The number of hydrogen-bond acceptors (Lipinski definition) is 2. The molecule has 1 aromatic heterocycles. The van der Waals surface area contributed by atoms with E-state index in [4.69, 9.17) is 12.2 Å². The molecule has 8 heavy (non-hydrogen) atoms. The maximum Gasteiger partial charge on any atom is 1.00 e. The summed E-state index contributed by atoms with van der Waals surface area (Å²) in [6.07, 6.45) is 0. The van der Waals surface area contributed by atoms with Crippen LogP contribution < -0.4 is 18.9 Å². The van der Waals surface area contributed by atoms with Crippen LogP contribution in [0, 0.1) is 10.7 Å². The van der Waals surface area contributed by atoms with Gasteiger partial charge in [-0.3, -0.25) is 0 Å². The van der Waals surface area contributed by atoms with Crippen molar-refractivity contribution in [1.29, 1.82) is 0 Å². The van der Waals surface area contributed by atoms with Crippen LogP contribution >= 0.6 is 23.8 Å². The van der Waals surface area contributed by atoms with Crippen molar-refractivity contribution in [1.82, 2.24) is 4.37 Å². The van der Waals surface area contributed by atoms with Crippen LogP contribution in [-0.2, 0) is 0 Å². The minimum absolute atomic E-state index is 0. The van der Waals surface area contributed by atoms with Crippen LogP contribution in [0.5, 0.6) is 0 Å². The van der Waals surface area contributed by atoms with E-state index in [1.165, 1.54) is 11.5 Å². The number of hydrogen-bond donors (Lipinski definition) is 1. The third-order valence-corrected chi connectivity index (χ3v) is 1.76. The molecular weight excluding hydrogens is 133 g/mol. The van der Waals surface area contributed by atoms with Crippen molar-refractivity contribution in [3.63, 3.8) is 0 Å². The average Bonchev–Trinajstić information content (AvgIpc) is 1.87. The number of H-pyrrole nitrogens is 1. The van der Waals surface area contributed by atoms with Gasteiger partial charge in [0.05, 0.1) is 0 Å². The van der Waals surface area contributed by atoms with Gasteiger partial charge in [-0.25, -0.2) is 0 Å². The minimum atomic E-state index is 0.